The third-order valence-corrected chi connectivity index (χ3v) is 6.80. The molecule has 34 heavy (non-hydrogen) atoms. The summed E-state index contributed by atoms with van der Waals surface area (Å²) in [7, 11) is 0. The van der Waals surface area contributed by atoms with Crippen molar-refractivity contribution in [1.29, 1.82) is 0 Å². The molecule has 3 aromatic rings. The van der Waals surface area contributed by atoms with E-state index in [0.29, 0.717) is 56.8 Å². The van der Waals surface area contributed by atoms with Crippen molar-refractivity contribution in [3.05, 3.63) is 65.2 Å². The lowest BCUT2D eigenvalue weighted by Crippen LogP contribution is -2.52. The van der Waals surface area contributed by atoms with Crippen LogP contribution in [-0.4, -0.2) is 70.3 Å². The van der Waals surface area contributed by atoms with Gasteiger partial charge in [0.05, 0.1) is 19.1 Å². The van der Waals surface area contributed by atoms with Gasteiger partial charge in [0, 0.05) is 38.3 Å². The van der Waals surface area contributed by atoms with Gasteiger partial charge < -0.3 is 19.1 Å². The summed E-state index contributed by atoms with van der Waals surface area (Å²) < 4.78 is 11.2. The van der Waals surface area contributed by atoms with Gasteiger partial charge in [-0.15, -0.1) is 0 Å². The Morgan fingerprint density at radius 3 is 2.56 bits per heavy atom. The minimum absolute atomic E-state index is 0.0411. The zero-order valence-electron chi connectivity index (χ0n) is 19.8. The lowest BCUT2D eigenvalue weighted by atomic mass is 9.84. The number of carbonyl (C=O) groups is 1. The molecule has 2 atom stereocenters. The highest BCUT2D eigenvalue weighted by atomic mass is 16.5. The van der Waals surface area contributed by atoms with Crippen molar-refractivity contribution in [1.82, 2.24) is 24.9 Å². The molecule has 8 nitrogen and oxygen atoms in total. The molecule has 2 aliphatic rings. The average molecular weight is 462 g/mol. The van der Waals surface area contributed by atoms with Crippen LogP contribution in [0.3, 0.4) is 0 Å². The van der Waals surface area contributed by atoms with Crippen molar-refractivity contribution in [2.75, 3.05) is 39.4 Å². The van der Waals surface area contributed by atoms with Gasteiger partial charge in [0.15, 0.2) is 0 Å². The number of piperidine rings is 1. The Morgan fingerprint density at radius 2 is 1.82 bits per heavy atom. The summed E-state index contributed by atoms with van der Waals surface area (Å²) >= 11 is 0. The Morgan fingerprint density at radius 1 is 1.06 bits per heavy atom. The van der Waals surface area contributed by atoms with Crippen LogP contribution in [0.25, 0.3) is 11.5 Å². The largest absolute Gasteiger partial charge is 0.378 e. The van der Waals surface area contributed by atoms with Crippen LogP contribution in [-0.2, 0) is 11.2 Å². The molecular weight excluding hydrogens is 430 g/mol. The smallest absolute Gasteiger partial charge is 0.320 e. The summed E-state index contributed by atoms with van der Waals surface area (Å²) in [6.07, 6.45) is 3.61. The van der Waals surface area contributed by atoms with Gasteiger partial charge in [-0.1, -0.05) is 36.3 Å². The number of carbonyl (C=O) groups excluding carboxylic acids is 1. The van der Waals surface area contributed by atoms with E-state index < -0.39 is 0 Å². The predicted octanol–water partition coefficient (Wildman–Crippen LogP) is 4.03. The summed E-state index contributed by atoms with van der Waals surface area (Å²) in [5.41, 5.74) is 4.33. The molecule has 0 aliphatic carbocycles. The van der Waals surface area contributed by atoms with Gasteiger partial charge in [-0.3, -0.25) is 4.98 Å². The van der Waals surface area contributed by atoms with Gasteiger partial charge >= 0.3 is 6.03 Å². The molecule has 2 fully saturated rings. The molecule has 0 radical (unpaired) electrons. The minimum atomic E-state index is -0.0411. The van der Waals surface area contributed by atoms with Gasteiger partial charge in [0.1, 0.15) is 5.69 Å². The van der Waals surface area contributed by atoms with E-state index in [1.54, 1.807) is 6.20 Å². The number of benzene rings is 1. The first-order valence-corrected chi connectivity index (χ1v) is 12.1. The third kappa shape index (κ3) is 4.82. The number of pyridine rings is 1. The van der Waals surface area contributed by atoms with Crippen molar-refractivity contribution in [3.8, 4) is 11.5 Å². The predicted molar refractivity (Wildman–Crippen MR) is 128 cm³/mol. The first-order valence-electron chi connectivity index (χ1n) is 12.1. The van der Waals surface area contributed by atoms with Gasteiger partial charge in [0.2, 0.25) is 11.7 Å². The van der Waals surface area contributed by atoms with E-state index in [-0.39, 0.29) is 17.9 Å². The quantitative estimate of drug-likeness (QED) is 0.583. The summed E-state index contributed by atoms with van der Waals surface area (Å²) in [5, 5.41) is 4.20. The van der Waals surface area contributed by atoms with E-state index in [1.807, 2.05) is 28.9 Å². The maximum absolute atomic E-state index is 13.4. The second kappa shape index (κ2) is 9.93. The third-order valence-electron chi connectivity index (χ3n) is 6.80. The highest BCUT2D eigenvalue weighted by Gasteiger charge is 2.36. The number of amides is 2. The number of hydrogen-bond acceptors (Lipinski definition) is 6. The number of hydrogen-bond donors (Lipinski definition) is 0. The maximum atomic E-state index is 13.4. The van der Waals surface area contributed by atoms with E-state index in [1.165, 1.54) is 11.1 Å². The molecule has 2 aliphatic heterocycles. The number of aryl methyl sites for hydroxylation is 2. The first kappa shape index (κ1) is 22.5. The Bertz CT molecular complexity index is 1120. The van der Waals surface area contributed by atoms with E-state index in [0.717, 1.165) is 18.4 Å². The Hall–Kier alpha value is -3.26. The summed E-state index contributed by atoms with van der Waals surface area (Å²) in [4.78, 5) is 26.3. The van der Waals surface area contributed by atoms with Crippen LogP contribution in [0.1, 0.15) is 47.8 Å². The molecule has 2 unspecified atom stereocenters. The number of morpholine rings is 1. The Kier molecular flexibility index (Phi) is 6.58. The van der Waals surface area contributed by atoms with Crippen molar-refractivity contribution >= 4 is 6.03 Å². The molecule has 8 heteroatoms. The van der Waals surface area contributed by atoms with Crippen LogP contribution in [0.4, 0.5) is 4.79 Å². The van der Waals surface area contributed by atoms with Crippen molar-refractivity contribution in [3.63, 3.8) is 0 Å². The molecule has 4 heterocycles. The monoisotopic (exact) mass is 461 g/mol. The molecule has 0 bridgehead atoms. The summed E-state index contributed by atoms with van der Waals surface area (Å²) in [6.45, 7) is 7.82. The minimum Gasteiger partial charge on any atom is -0.378 e. The van der Waals surface area contributed by atoms with E-state index >= 15 is 0 Å². The summed E-state index contributed by atoms with van der Waals surface area (Å²) in [6, 6.07) is 12.7. The second-order valence-electron chi connectivity index (χ2n) is 9.19. The highest BCUT2D eigenvalue weighted by Crippen LogP contribution is 2.36. The van der Waals surface area contributed by atoms with Crippen LogP contribution in [0.2, 0.25) is 0 Å². The van der Waals surface area contributed by atoms with Crippen LogP contribution in [0.5, 0.6) is 0 Å². The lowest BCUT2D eigenvalue weighted by molar-refractivity contribution is 0.0392. The molecule has 2 saturated heterocycles. The normalized spacial score (nSPS) is 21.0. The Balaban J connectivity index is 1.41. The fraction of sp³-hybridized carbons (Fsp3) is 0.462. The van der Waals surface area contributed by atoms with Gasteiger partial charge in [-0.2, -0.15) is 4.98 Å². The van der Waals surface area contributed by atoms with Crippen LogP contribution >= 0.6 is 0 Å². The highest BCUT2D eigenvalue weighted by molar-refractivity contribution is 5.75. The molecule has 178 valence electrons. The first-order chi connectivity index (χ1) is 16.6. The summed E-state index contributed by atoms with van der Waals surface area (Å²) in [5.74, 6) is 1.20. The molecule has 1 aromatic carbocycles. The van der Waals surface area contributed by atoms with Gasteiger partial charge in [-0.05, 0) is 48.6 Å². The van der Waals surface area contributed by atoms with Crippen LogP contribution in [0, 0.1) is 6.92 Å². The molecule has 2 aromatic heterocycles. The number of likely N-dealkylation sites (tertiary alicyclic amines) is 1. The molecule has 0 spiro atoms. The fourth-order valence-corrected chi connectivity index (χ4v) is 4.82. The van der Waals surface area contributed by atoms with Crippen LogP contribution in [0.15, 0.2) is 47.1 Å². The molecule has 0 N–H and O–H groups in total. The molecule has 0 saturated carbocycles. The molecule has 5 rings (SSSR count). The van der Waals surface area contributed by atoms with Crippen molar-refractivity contribution < 1.29 is 14.1 Å². The number of aromatic nitrogens is 3. The zero-order valence-corrected chi connectivity index (χ0v) is 19.8. The van der Waals surface area contributed by atoms with E-state index in [2.05, 4.69) is 41.3 Å². The number of urea groups is 1. The number of nitrogens with zero attached hydrogens (tertiary/aromatic N) is 5. The Labute approximate surface area is 199 Å². The average Bonchev–Trinajstić information content (AvgIpc) is 3.39. The maximum Gasteiger partial charge on any atom is 0.320 e. The topological polar surface area (TPSA) is 84.6 Å². The molecule has 2 amide bonds. The lowest BCUT2D eigenvalue weighted by Gasteiger charge is -2.40. The number of ether oxygens (including phenoxy) is 1. The van der Waals surface area contributed by atoms with Crippen molar-refractivity contribution in [2.45, 2.75) is 38.5 Å². The second-order valence-corrected chi connectivity index (χ2v) is 9.19. The van der Waals surface area contributed by atoms with Crippen molar-refractivity contribution in [2.24, 2.45) is 0 Å². The molecular formula is C26H31N5O3. The van der Waals surface area contributed by atoms with Gasteiger partial charge in [0.25, 0.3) is 0 Å². The van der Waals surface area contributed by atoms with E-state index in [9.17, 15) is 4.79 Å². The van der Waals surface area contributed by atoms with Crippen LogP contribution < -0.4 is 0 Å². The van der Waals surface area contributed by atoms with E-state index in [4.69, 9.17) is 14.2 Å². The fourth-order valence-electron chi connectivity index (χ4n) is 4.82. The standard InChI is InChI=1S/C26H31N5O3/c1-3-19-4-6-20(7-5-19)21-15-22(17-31(16-21)26(32)30-10-12-33-13-11-30)25-28-24(29-34-25)23-14-18(2)8-9-27-23/h4-9,14,21-22H,3,10-13,15-17H2,1-2H3. The zero-order chi connectivity index (χ0) is 23.5. The SMILES string of the molecule is CCc1ccc(C2CC(c3nc(-c4cc(C)ccn4)no3)CN(C(=O)N3CCOCC3)C2)cc1. The van der Waals surface area contributed by atoms with Gasteiger partial charge in [-0.25, -0.2) is 4.79 Å². The number of rotatable bonds is 4.